The Bertz CT molecular complexity index is 282. The van der Waals surface area contributed by atoms with Gasteiger partial charge in [-0.05, 0) is 19.8 Å². The summed E-state index contributed by atoms with van der Waals surface area (Å²) in [5, 5.41) is 8.94. The summed E-state index contributed by atoms with van der Waals surface area (Å²) in [7, 11) is 0. The van der Waals surface area contributed by atoms with Crippen LogP contribution in [0.2, 0.25) is 0 Å². The molecule has 1 heterocycles. The maximum absolute atomic E-state index is 10.9. The third kappa shape index (κ3) is 6.36. The molecule has 0 aromatic carbocycles. The molecule has 1 fully saturated rings. The molecule has 19 heavy (non-hydrogen) atoms. The molecule has 1 aliphatic heterocycles. The highest BCUT2D eigenvalue weighted by molar-refractivity contribution is 5.69. The van der Waals surface area contributed by atoms with Crippen LogP contribution in [-0.4, -0.2) is 72.4 Å². The lowest BCUT2D eigenvalue weighted by Crippen LogP contribution is -2.50. The third-order valence-electron chi connectivity index (χ3n) is 3.35. The number of hydrogen-bond acceptors (Lipinski definition) is 4. The molecule has 1 saturated heterocycles. The summed E-state index contributed by atoms with van der Waals surface area (Å²) in [5.74, 6) is -0.123. The van der Waals surface area contributed by atoms with Gasteiger partial charge in [-0.2, -0.15) is 0 Å². The molecule has 0 radical (unpaired) electrons. The third-order valence-corrected chi connectivity index (χ3v) is 3.35. The topological polar surface area (TPSA) is 53.0 Å². The highest BCUT2D eigenvalue weighted by atomic mass is 16.5. The Morgan fingerprint density at radius 2 is 2.11 bits per heavy atom. The maximum Gasteiger partial charge on any atom is 0.317 e. The number of aliphatic carboxylic acids is 1. The van der Waals surface area contributed by atoms with Crippen LogP contribution in [0.5, 0.6) is 0 Å². The smallest absolute Gasteiger partial charge is 0.317 e. The molecular weight excluding hydrogens is 244 g/mol. The SMILES string of the molecule is CC(C)CN1CCOC(CN(CC(=O)O)C(C)C)C1. The van der Waals surface area contributed by atoms with Crippen LogP contribution >= 0.6 is 0 Å². The molecular formula is C14H28N2O3. The Hall–Kier alpha value is -0.650. The van der Waals surface area contributed by atoms with Crippen LogP contribution in [0.25, 0.3) is 0 Å². The van der Waals surface area contributed by atoms with Crippen molar-refractivity contribution in [3.63, 3.8) is 0 Å². The van der Waals surface area contributed by atoms with Gasteiger partial charge in [0.15, 0.2) is 0 Å². The Balaban J connectivity index is 2.47. The van der Waals surface area contributed by atoms with Crippen LogP contribution in [0.15, 0.2) is 0 Å². The van der Waals surface area contributed by atoms with Crippen LogP contribution in [0.3, 0.4) is 0 Å². The second-order valence-corrected chi connectivity index (χ2v) is 6.06. The zero-order valence-corrected chi connectivity index (χ0v) is 12.6. The van der Waals surface area contributed by atoms with E-state index in [0.29, 0.717) is 12.5 Å². The Labute approximate surface area is 116 Å². The lowest BCUT2D eigenvalue weighted by molar-refractivity contribution is -0.139. The van der Waals surface area contributed by atoms with Gasteiger partial charge in [-0.1, -0.05) is 13.8 Å². The van der Waals surface area contributed by atoms with E-state index in [4.69, 9.17) is 9.84 Å². The molecule has 1 rings (SSSR count). The summed E-state index contributed by atoms with van der Waals surface area (Å²) in [4.78, 5) is 15.3. The number of hydrogen-bond donors (Lipinski definition) is 1. The zero-order valence-electron chi connectivity index (χ0n) is 12.6. The fourth-order valence-electron chi connectivity index (χ4n) is 2.47. The second kappa shape index (κ2) is 7.82. The minimum atomic E-state index is -0.774. The fourth-order valence-corrected chi connectivity index (χ4v) is 2.47. The van der Waals surface area contributed by atoms with Crippen molar-refractivity contribution in [3.8, 4) is 0 Å². The molecule has 112 valence electrons. The van der Waals surface area contributed by atoms with E-state index in [1.54, 1.807) is 0 Å². The van der Waals surface area contributed by atoms with Crippen molar-refractivity contribution in [2.45, 2.75) is 39.8 Å². The molecule has 1 atom stereocenters. The van der Waals surface area contributed by atoms with Crippen LogP contribution in [0, 0.1) is 5.92 Å². The van der Waals surface area contributed by atoms with Crippen molar-refractivity contribution in [2.75, 3.05) is 39.3 Å². The van der Waals surface area contributed by atoms with E-state index >= 15 is 0 Å². The van der Waals surface area contributed by atoms with E-state index in [1.807, 2.05) is 18.7 Å². The first-order valence-corrected chi connectivity index (χ1v) is 7.18. The van der Waals surface area contributed by atoms with Crippen LogP contribution in [0.1, 0.15) is 27.7 Å². The zero-order chi connectivity index (χ0) is 14.4. The Morgan fingerprint density at radius 1 is 1.42 bits per heavy atom. The maximum atomic E-state index is 10.9. The number of carboxylic acid groups (broad SMARTS) is 1. The second-order valence-electron chi connectivity index (χ2n) is 6.06. The standard InChI is InChI=1S/C14H28N2O3/c1-11(2)7-15-5-6-19-13(8-15)9-16(12(3)4)10-14(17)18/h11-13H,5-10H2,1-4H3,(H,17,18). The van der Waals surface area contributed by atoms with Gasteiger partial charge in [-0.25, -0.2) is 0 Å². The predicted molar refractivity (Wildman–Crippen MR) is 75.4 cm³/mol. The molecule has 0 aromatic heterocycles. The van der Waals surface area contributed by atoms with Crippen molar-refractivity contribution in [1.29, 1.82) is 0 Å². The average molecular weight is 272 g/mol. The predicted octanol–water partition coefficient (Wildman–Crippen LogP) is 1.14. The first kappa shape index (κ1) is 16.4. The summed E-state index contributed by atoms with van der Waals surface area (Å²) in [6.07, 6.45) is 0.120. The van der Waals surface area contributed by atoms with Gasteiger partial charge in [0, 0.05) is 32.2 Å². The van der Waals surface area contributed by atoms with Crippen molar-refractivity contribution in [1.82, 2.24) is 9.80 Å². The summed E-state index contributed by atoms with van der Waals surface area (Å²) >= 11 is 0. The van der Waals surface area contributed by atoms with E-state index in [-0.39, 0.29) is 18.7 Å². The quantitative estimate of drug-likeness (QED) is 0.753. The van der Waals surface area contributed by atoms with E-state index in [2.05, 4.69) is 18.7 Å². The number of carbonyl (C=O) groups is 1. The Kier molecular flexibility index (Phi) is 6.75. The number of morpholine rings is 1. The van der Waals surface area contributed by atoms with Crippen molar-refractivity contribution in [3.05, 3.63) is 0 Å². The molecule has 0 amide bonds. The molecule has 0 spiro atoms. The first-order valence-electron chi connectivity index (χ1n) is 7.18. The first-order chi connectivity index (χ1) is 8.88. The summed E-state index contributed by atoms with van der Waals surface area (Å²) in [5.41, 5.74) is 0. The number of ether oxygens (including phenoxy) is 1. The highest BCUT2D eigenvalue weighted by Crippen LogP contribution is 2.11. The minimum absolute atomic E-state index is 0.0850. The molecule has 0 saturated carbocycles. The van der Waals surface area contributed by atoms with Crippen molar-refractivity contribution < 1.29 is 14.6 Å². The summed E-state index contributed by atoms with van der Waals surface area (Å²) in [6.45, 7) is 13.0. The summed E-state index contributed by atoms with van der Waals surface area (Å²) < 4.78 is 5.78. The van der Waals surface area contributed by atoms with Gasteiger partial charge >= 0.3 is 5.97 Å². The highest BCUT2D eigenvalue weighted by Gasteiger charge is 2.25. The molecule has 5 nitrogen and oxygen atoms in total. The van der Waals surface area contributed by atoms with Gasteiger partial charge in [-0.3, -0.25) is 14.6 Å². The molecule has 0 aliphatic carbocycles. The number of nitrogens with zero attached hydrogens (tertiary/aromatic N) is 2. The fraction of sp³-hybridized carbons (Fsp3) is 0.929. The molecule has 0 bridgehead atoms. The van der Waals surface area contributed by atoms with E-state index in [1.165, 1.54) is 0 Å². The van der Waals surface area contributed by atoms with Crippen LogP contribution in [0.4, 0.5) is 0 Å². The molecule has 1 unspecified atom stereocenters. The van der Waals surface area contributed by atoms with Crippen LogP contribution < -0.4 is 0 Å². The monoisotopic (exact) mass is 272 g/mol. The van der Waals surface area contributed by atoms with Gasteiger partial charge < -0.3 is 9.84 Å². The molecule has 1 N–H and O–H groups in total. The van der Waals surface area contributed by atoms with Gasteiger partial charge in [0.1, 0.15) is 0 Å². The van der Waals surface area contributed by atoms with Gasteiger partial charge in [0.05, 0.1) is 19.3 Å². The normalized spacial score (nSPS) is 21.5. The van der Waals surface area contributed by atoms with E-state index < -0.39 is 5.97 Å². The average Bonchev–Trinajstić information content (AvgIpc) is 2.26. The van der Waals surface area contributed by atoms with E-state index in [0.717, 1.165) is 26.2 Å². The number of carboxylic acids is 1. The molecule has 1 aliphatic rings. The summed E-state index contributed by atoms with van der Waals surface area (Å²) in [6, 6.07) is 0.222. The van der Waals surface area contributed by atoms with Crippen molar-refractivity contribution in [2.24, 2.45) is 5.92 Å². The van der Waals surface area contributed by atoms with Crippen molar-refractivity contribution >= 4 is 5.97 Å². The minimum Gasteiger partial charge on any atom is -0.480 e. The molecule has 0 aromatic rings. The lowest BCUT2D eigenvalue weighted by atomic mass is 10.1. The molecule has 5 heteroatoms. The number of rotatable bonds is 7. The van der Waals surface area contributed by atoms with Gasteiger partial charge in [0.25, 0.3) is 0 Å². The van der Waals surface area contributed by atoms with E-state index in [9.17, 15) is 4.79 Å². The van der Waals surface area contributed by atoms with Gasteiger partial charge in [0.2, 0.25) is 0 Å². The Morgan fingerprint density at radius 3 is 2.63 bits per heavy atom. The lowest BCUT2D eigenvalue weighted by Gasteiger charge is -2.37. The largest absolute Gasteiger partial charge is 0.480 e. The van der Waals surface area contributed by atoms with Gasteiger partial charge in [-0.15, -0.1) is 0 Å². The van der Waals surface area contributed by atoms with Crippen LogP contribution in [-0.2, 0) is 9.53 Å².